The number of benzene rings is 3. The Morgan fingerprint density at radius 1 is 1.14 bits per heavy atom. The summed E-state index contributed by atoms with van der Waals surface area (Å²) in [7, 11) is 0. The highest BCUT2D eigenvalue weighted by Crippen LogP contribution is 2.26. The topological polar surface area (TPSA) is 64.4 Å². The molecular weight excluding hydrogens is 364 g/mol. The number of para-hydroxylation sites is 1. The van der Waals surface area contributed by atoms with E-state index in [1.54, 1.807) is 6.08 Å². The van der Waals surface area contributed by atoms with Crippen LogP contribution in [0, 0.1) is 6.92 Å². The van der Waals surface area contributed by atoms with Crippen LogP contribution in [0.3, 0.4) is 0 Å². The Morgan fingerprint density at radius 3 is 2.69 bits per heavy atom. The van der Waals surface area contributed by atoms with Gasteiger partial charge < -0.3 is 14.5 Å². The van der Waals surface area contributed by atoms with Crippen LogP contribution in [-0.2, 0) is 4.79 Å². The zero-order valence-corrected chi connectivity index (χ0v) is 16.0. The van der Waals surface area contributed by atoms with E-state index in [2.05, 4.69) is 16.9 Å². The number of hydrogen-bond donors (Lipinski definition) is 1. The first-order valence-electron chi connectivity index (χ1n) is 9.24. The van der Waals surface area contributed by atoms with Crippen LogP contribution in [0.4, 0.5) is 5.69 Å². The molecule has 1 aromatic heterocycles. The van der Waals surface area contributed by atoms with Gasteiger partial charge in [0.25, 0.3) is 5.91 Å². The Bertz CT molecular complexity index is 1180. The third kappa shape index (κ3) is 4.19. The number of carbonyl (C=O) groups excluding carboxylic acids is 1. The van der Waals surface area contributed by atoms with Crippen LogP contribution in [0.1, 0.15) is 11.1 Å². The van der Waals surface area contributed by atoms with Crippen LogP contribution >= 0.6 is 0 Å². The van der Waals surface area contributed by atoms with Crippen molar-refractivity contribution in [2.75, 3.05) is 11.9 Å². The third-order valence-electron chi connectivity index (χ3n) is 4.52. The number of ether oxygens (including phenoxy) is 1. The third-order valence-corrected chi connectivity index (χ3v) is 4.52. The fourth-order valence-corrected chi connectivity index (χ4v) is 2.95. The van der Waals surface area contributed by atoms with Gasteiger partial charge in [-0.05, 0) is 60.5 Å². The maximum absolute atomic E-state index is 12.2. The minimum atomic E-state index is -0.222. The lowest BCUT2D eigenvalue weighted by Gasteiger charge is -2.09. The summed E-state index contributed by atoms with van der Waals surface area (Å²) in [6, 6.07) is 20.7. The minimum Gasteiger partial charge on any atom is -0.483 e. The zero-order valence-electron chi connectivity index (χ0n) is 16.0. The van der Waals surface area contributed by atoms with Gasteiger partial charge in [0.1, 0.15) is 11.3 Å². The normalized spacial score (nSPS) is 10.7. The molecule has 29 heavy (non-hydrogen) atoms. The van der Waals surface area contributed by atoms with Crippen LogP contribution in [0.5, 0.6) is 5.75 Å². The molecule has 4 rings (SSSR count). The number of oxazole rings is 1. The molecule has 0 saturated heterocycles. The molecule has 3 aromatic carbocycles. The number of nitrogens with one attached hydrogen (secondary N) is 1. The fourth-order valence-electron chi connectivity index (χ4n) is 2.95. The second-order valence-corrected chi connectivity index (χ2v) is 6.63. The summed E-state index contributed by atoms with van der Waals surface area (Å²) < 4.78 is 11.4. The van der Waals surface area contributed by atoms with E-state index in [4.69, 9.17) is 9.15 Å². The molecule has 1 N–H and O–H groups in total. The Balaban J connectivity index is 1.42. The summed E-state index contributed by atoms with van der Waals surface area (Å²) in [5, 5.41) is 2.83. The maximum Gasteiger partial charge on any atom is 0.262 e. The predicted molar refractivity (Wildman–Crippen MR) is 115 cm³/mol. The number of amides is 1. The molecule has 0 bridgehead atoms. The quantitative estimate of drug-likeness (QED) is 0.479. The second-order valence-electron chi connectivity index (χ2n) is 6.63. The van der Waals surface area contributed by atoms with Crippen molar-refractivity contribution < 1.29 is 13.9 Å². The average Bonchev–Trinajstić information content (AvgIpc) is 3.17. The van der Waals surface area contributed by atoms with Gasteiger partial charge in [0.15, 0.2) is 12.2 Å². The number of carbonyl (C=O) groups is 1. The summed E-state index contributed by atoms with van der Waals surface area (Å²) in [5.74, 6) is 1.01. The van der Waals surface area contributed by atoms with E-state index in [0.29, 0.717) is 17.3 Å². The first-order valence-corrected chi connectivity index (χ1v) is 9.24. The standard InChI is InChI=1S/C24H20N2O3/c1-3-17-8-13-22-20(14-17)26-24(29-22)18-9-11-19(12-10-18)25-23(27)15-28-21-7-5-4-6-16(21)2/h3-14H,1,15H2,2H3,(H,25,27). The van der Waals surface area contributed by atoms with Crippen molar-refractivity contribution in [3.05, 3.63) is 84.4 Å². The van der Waals surface area contributed by atoms with Crippen molar-refractivity contribution in [3.63, 3.8) is 0 Å². The summed E-state index contributed by atoms with van der Waals surface area (Å²) in [6.07, 6.45) is 1.77. The van der Waals surface area contributed by atoms with Crippen LogP contribution in [0.15, 0.2) is 77.7 Å². The van der Waals surface area contributed by atoms with E-state index in [9.17, 15) is 4.79 Å². The molecule has 0 fully saturated rings. The van der Waals surface area contributed by atoms with Crippen molar-refractivity contribution >= 4 is 28.8 Å². The molecule has 0 radical (unpaired) electrons. The van der Waals surface area contributed by atoms with Gasteiger partial charge in [0.2, 0.25) is 5.89 Å². The number of hydrogen-bond acceptors (Lipinski definition) is 4. The number of nitrogens with zero attached hydrogens (tertiary/aromatic N) is 1. The first-order chi connectivity index (χ1) is 14.1. The molecule has 0 aliphatic heterocycles. The van der Waals surface area contributed by atoms with Gasteiger partial charge in [0.05, 0.1) is 0 Å². The molecule has 1 amide bonds. The van der Waals surface area contributed by atoms with Gasteiger partial charge in [-0.15, -0.1) is 0 Å². The molecule has 0 atom stereocenters. The molecule has 0 aliphatic carbocycles. The van der Waals surface area contributed by atoms with Crippen LogP contribution in [0.25, 0.3) is 28.6 Å². The Kier molecular flexibility index (Phi) is 5.12. The maximum atomic E-state index is 12.2. The molecular formula is C24H20N2O3. The van der Waals surface area contributed by atoms with Crippen LogP contribution in [0.2, 0.25) is 0 Å². The number of fused-ring (bicyclic) bond motifs is 1. The van der Waals surface area contributed by atoms with Gasteiger partial charge in [0, 0.05) is 11.3 Å². The molecule has 0 aliphatic rings. The number of rotatable bonds is 6. The lowest BCUT2D eigenvalue weighted by atomic mass is 10.2. The van der Waals surface area contributed by atoms with Crippen molar-refractivity contribution in [1.82, 2.24) is 4.98 Å². The number of aryl methyl sites for hydroxylation is 1. The van der Waals surface area contributed by atoms with Gasteiger partial charge in [-0.2, -0.15) is 0 Å². The van der Waals surface area contributed by atoms with Crippen LogP contribution < -0.4 is 10.1 Å². The molecule has 1 heterocycles. The summed E-state index contributed by atoms with van der Waals surface area (Å²) in [6.45, 7) is 5.66. The second kappa shape index (κ2) is 8.02. The summed E-state index contributed by atoms with van der Waals surface area (Å²) >= 11 is 0. The Hall–Kier alpha value is -3.86. The Labute approximate surface area is 168 Å². The number of aromatic nitrogens is 1. The highest BCUT2D eigenvalue weighted by atomic mass is 16.5. The van der Waals surface area contributed by atoms with E-state index < -0.39 is 0 Å². The van der Waals surface area contributed by atoms with Gasteiger partial charge in [-0.1, -0.05) is 36.9 Å². The molecule has 5 heteroatoms. The first kappa shape index (κ1) is 18.5. The van der Waals surface area contributed by atoms with E-state index >= 15 is 0 Å². The van der Waals surface area contributed by atoms with E-state index in [-0.39, 0.29) is 12.5 Å². The zero-order chi connectivity index (χ0) is 20.2. The summed E-state index contributed by atoms with van der Waals surface area (Å²) in [5.41, 5.74) is 4.98. The SMILES string of the molecule is C=Cc1ccc2oc(-c3ccc(NC(=O)COc4ccccc4C)cc3)nc2c1. The molecule has 0 unspecified atom stereocenters. The van der Waals surface area contributed by atoms with Crippen molar-refractivity contribution in [2.24, 2.45) is 0 Å². The van der Waals surface area contributed by atoms with Gasteiger partial charge >= 0.3 is 0 Å². The van der Waals surface area contributed by atoms with E-state index in [1.165, 1.54) is 0 Å². The molecule has 0 saturated carbocycles. The molecule has 4 aromatic rings. The smallest absolute Gasteiger partial charge is 0.262 e. The lowest BCUT2D eigenvalue weighted by Crippen LogP contribution is -2.20. The summed E-state index contributed by atoms with van der Waals surface area (Å²) in [4.78, 5) is 16.7. The van der Waals surface area contributed by atoms with E-state index in [1.807, 2.05) is 73.7 Å². The van der Waals surface area contributed by atoms with Crippen molar-refractivity contribution in [2.45, 2.75) is 6.92 Å². The average molecular weight is 384 g/mol. The number of anilines is 1. The highest BCUT2D eigenvalue weighted by molar-refractivity contribution is 5.92. The van der Waals surface area contributed by atoms with Crippen LogP contribution in [-0.4, -0.2) is 17.5 Å². The van der Waals surface area contributed by atoms with E-state index in [0.717, 1.165) is 27.8 Å². The molecule has 144 valence electrons. The predicted octanol–water partition coefficient (Wildman–Crippen LogP) is 5.46. The largest absolute Gasteiger partial charge is 0.483 e. The van der Waals surface area contributed by atoms with Crippen molar-refractivity contribution in [1.29, 1.82) is 0 Å². The monoisotopic (exact) mass is 384 g/mol. The van der Waals surface area contributed by atoms with Gasteiger partial charge in [-0.3, -0.25) is 4.79 Å². The minimum absolute atomic E-state index is 0.0522. The molecule has 0 spiro atoms. The fraction of sp³-hybridized carbons (Fsp3) is 0.0833. The Morgan fingerprint density at radius 2 is 1.93 bits per heavy atom. The van der Waals surface area contributed by atoms with Gasteiger partial charge in [-0.25, -0.2) is 4.98 Å². The molecule has 5 nitrogen and oxygen atoms in total. The van der Waals surface area contributed by atoms with Crippen molar-refractivity contribution in [3.8, 4) is 17.2 Å². The highest BCUT2D eigenvalue weighted by Gasteiger charge is 2.10. The lowest BCUT2D eigenvalue weighted by molar-refractivity contribution is -0.118.